The molecule has 3 aliphatic carbocycles. The lowest BCUT2D eigenvalue weighted by Crippen LogP contribution is -2.47. The van der Waals surface area contributed by atoms with Crippen molar-refractivity contribution in [3.63, 3.8) is 0 Å². The Labute approximate surface area is 140 Å². The molecule has 2 bridgehead atoms. The second-order valence-electron chi connectivity index (χ2n) is 8.36. The number of amides is 1. The van der Waals surface area contributed by atoms with Crippen LogP contribution >= 0.6 is 0 Å². The SMILES string of the molecule is Cc1ccc(C(C)NC(=O)C23CCCC2C2CCC3C2)c(C)c1. The van der Waals surface area contributed by atoms with E-state index in [4.69, 9.17) is 0 Å². The molecule has 0 radical (unpaired) electrons. The molecule has 1 aromatic carbocycles. The lowest BCUT2D eigenvalue weighted by molar-refractivity contribution is -0.137. The van der Waals surface area contributed by atoms with Gasteiger partial charge in [-0.15, -0.1) is 0 Å². The van der Waals surface area contributed by atoms with Crippen LogP contribution in [-0.2, 0) is 4.79 Å². The van der Waals surface area contributed by atoms with Crippen LogP contribution in [0, 0.1) is 37.0 Å². The van der Waals surface area contributed by atoms with Crippen LogP contribution in [0.15, 0.2) is 18.2 Å². The highest BCUT2D eigenvalue weighted by atomic mass is 16.2. The summed E-state index contributed by atoms with van der Waals surface area (Å²) in [5.41, 5.74) is 3.81. The standard InChI is InChI=1S/C21H29NO/c1-13-6-9-18(14(2)11-13)15(3)22-20(23)21-10-4-5-19(21)16-7-8-17(21)12-16/h6,9,11,15-17,19H,4-5,7-8,10,12H2,1-3H3,(H,22,23). The van der Waals surface area contributed by atoms with Gasteiger partial charge in [0.25, 0.3) is 0 Å². The molecule has 1 N–H and O–H groups in total. The average molecular weight is 311 g/mol. The first kappa shape index (κ1) is 15.2. The number of carbonyl (C=O) groups is 1. The zero-order valence-electron chi connectivity index (χ0n) is 14.7. The average Bonchev–Trinajstić information content (AvgIpc) is 3.19. The number of carbonyl (C=O) groups excluding carboxylic acids is 1. The van der Waals surface area contributed by atoms with Gasteiger partial charge in [-0.3, -0.25) is 4.79 Å². The van der Waals surface area contributed by atoms with Crippen molar-refractivity contribution in [1.29, 1.82) is 0 Å². The maximum absolute atomic E-state index is 13.3. The molecule has 2 heteroatoms. The zero-order valence-corrected chi connectivity index (χ0v) is 14.7. The van der Waals surface area contributed by atoms with Gasteiger partial charge in [-0.2, -0.15) is 0 Å². The van der Waals surface area contributed by atoms with Crippen molar-refractivity contribution < 1.29 is 4.79 Å². The summed E-state index contributed by atoms with van der Waals surface area (Å²) in [6, 6.07) is 6.66. The molecule has 5 unspecified atom stereocenters. The molecule has 23 heavy (non-hydrogen) atoms. The summed E-state index contributed by atoms with van der Waals surface area (Å²) in [7, 11) is 0. The number of hydrogen-bond acceptors (Lipinski definition) is 1. The molecule has 1 amide bonds. The second-order valence-corrected chi connectivity index (χ2v) is 8.36. The Morgan fingerprint density at radius 1 is 1.26 bits per heavy atom. The largest absolute Gasteiger partial charge is 0.349 e. The van der Waals surface area contributed by atoms with Crippen LogP contribution in [0.3, 0.4) is 0 Å². The molecule has 0 saturated heterocycles. The third-order valence-corrected chi connectivity index (χ3v) is 7.20. The van der Waals surface area contributed by atoms with Gasteiger partial charge < -0.3 is 5.32 Å². The smallest absolute Gasteiger partial charge is 0.227 e. The summed E-state index contributed by atoms with van der Waals surface area (Å²) in [5, 5.41) is 3.41. The molecule has 3 fully saturated rings. The first-order chi connectivity index (χ1) is 11.0. The number of benzene rings is 1. The van der Waals surface area contributed by atoms with E-state index >= 15 is 0 Å². The zero-order chi connectivity index (χ0) is 16.2. The van der Waals surface area contributed by atoms with E-state index in [9.17, 15) is 4.79 Å². The van der Waals surface area contributed by atoms with Crippen LogP contribution in [0.2, 0.25) is 0 Å². The number of hydrogen-bond donors (Lipinski definition) is 1. The normalized spacial score (nSPS) is 36.0. The first-order valence-electron chi connectivity index (χ1n) is 9.40. The van der Waals surface area contributed by atoms with Gasteiger partial charge in [0, 0.05) is 0 Å². The molecule has 3 saturated carbocycles. The summed E-state index contributed by atoms with van der Waals surface area (Å²) in [4.78, 5) is 13.3. The molecule has 124 valence electrons. The van der Waals surface area contributed by atoms with Gasteiger partial charge >= 0.3 is 0 Å². The number of nitrogens with one attached hydrogen (secondary N) is 1. The molecule has 1 aromatic rings. The van der Waals surface area contributed by atoms with Crippen LogP contribution in [0.1, 0.15) is 68.2 Å². The van der Waals surface area contributed by atoms with E-state index < -0.39 is 0 Å². The lowest BCUT2D eigenvalue weighted by atomic mass is 9.67. The lowest BCUT2D eigenvalue weighted by Gasteiger charge is -2.39. The minimum atomic E-state index is -0.0181. The minimum absolute atomic E-state index is 0.0181. The van der Waals surface area contributed by atoms with Crippen LogP contribution in [0.4, 0.5) is 0 Å². The third-order valence-electron chi connectivity index (χ3n) is 7.20. The van der Waals surface area contributed by atoms with Crippen molar-refractivity contribution in [2.75, 3.05) is 0 Å². The molecule has 0 spiro atoms. The van der Waals surface area contributed by atoms with Gasteiger partial charge in [0.05, 0.1) is 11.5 Å². The molecular formula is C21H29NO. The summed E-state index contributed by atoms with van der Waals surface area (Å²) >= 11 is 0. The first-order valence-corrected chi connectivity index (χ1v) is 9.40. The Kier molecular flexibility index (Phi) is 3.55. The topological polar surface area (TPSA) is 29.1 Å². The van der Waals surface area contributed by atoms with Gasteiger partial charge in [-0.05, 0) is 81.8 Å². The van der Waals surface area contributed by atoms with E-state index in [2.05, 4.69) is 44.3 Å². The second kappa shape index (κ2) is 5.36. The van der Waals surface area contributed by atoms with Crippen molar-refractivity contribution in [2.24, 2.45) is 23.2 Å². The quantitative estimate of drug-likeness (QED) is 0.861. The minimum Gasteiger partial charge on any atom is -0.349 e. The van der Waals surface area contributed by atoms with Crippen molar-refractivity contribution in [3.05, 3.63) is 34.9 Å². The van der Waals surface area contributed by atoms with Gasteiger partial charge in [0.15, 0.2) is 0 Å². The van der Waals surface area contributed by atoms with E-state index in [0.29, 0.717) is 17.7 Å². The molecule has 0 aromatic heterocycles. The Morgan fingerprint density at radius 3 is 2.87 bits per heavy atom. The summed E-state index contributed by atoms with van der Waals surface area (Å²) in [5.74, 6) is 2.53. The molecule has 2 nitrogen and oxygen atoms in total. The fourth-order valence-corrected chi connectivity index (χ4v) is 6.26. The highest BCUT2D eigenvalue weighted by Gasteiger charge is 2.63. The van der Waals surface area contributed by atoms with Gasteiger partial charge in [0.1, 0.15) is 0 Å². The van der Waals surface area contributed by atoms with Crippen molar-refractivity contribution >= 4 is 5.91 Å². The number of rotatable bonds is 3. The van der Waals surface area contributed by atoms with E-state index in [1.807, 2.05) is 0 Å². The van der Waals surface area contributed by atoms with Gasteiger partial charge in [0.2, 0.25) is 5.91 Å². The summed E-state index contributed by atoms with van der Waals surface area (Å²) in [6.07, 6.45) is 7.64. The summed E-state index contributed by atoms with van der Waals surface area (Å²) in [6.45, 7) is 6.42. The predicted molar refractivity (Wildman–Crippen MR) is 93.1 cm³/mol. The maximum atomic E-state index is 13.3. The Hall–Kier alpha value is -1.31. The number of aryl methyl sites for hydroxylation is 2. The Bertz CT molecular complexity index is 637. The molecule has 0 heterocycles. The van der Waals surface area contributed by atoms with Crippen LogP contribution < -0.4 is 5.32 Å². The molecule has 0 aliphatic heterocycles. The fourth-order valence-electron chi connectivity index (χ4n) is 6.26. The predicted octanol–water partition coefficient (Wildman–Crippen LogP) is 4.70. The molecular weight excluding hydrogens is 282 g/mol. The van der Waals surface area contributed by atoms with Crippen LogP contribution in [0.25, 0.3) is 0 Å². The summed E-state index contributed by atoms with van der Waals surface area (Å²) < 4.78 is 0. The maximum Gasteiger partial charge on any atom is 0.227 e. The van der Waals surface area contributed by atoms with E-state index in [1.165, 1.54) is 48.8 Å². The van der Waals surface area contributed by atoms with Gasteiger partial charge in [-0.25, -0.2) is 0 Å². The fraction of sp³-hybridized carbons (Fsp3) is 0.667. The molecule has 4 rings (SSSR count). The highest BCUT2D eigenvalue weighted by molar-refractivity contribution is 5.85. The van der Waals surface area contributed by atoms with Crippen molar-refractivity contribution in [2.45, 2.75) is 65.3 Å². The van der Waals surface area contributed by atoms with E-state index in [0.717, 1.165) is 12.3 Å². The Morgan fingerprint density at radius 2 is 2.09 bits per heavy atom. The molecule has 3 aliphatic rings. The van der Waals surface area contributed by atoms with Crippen molar-refractivity contribution in [1.82, 2.24) is 5.32 Å². The van der Waals surface area contributed by atoms with Gasteiger partial charge in [-0.1, -0.05) is 30.2 Å². The number of fused-ring (bicyclic) bond motifs is 5. The Balaban J connectivity index is 1.56. The molecule has 5 atom stereocenters. The van der Waals surface area contributed by atoms with Crippen molar-refractivity contribution in [3.8, 4) is 0 Å². The highest BCUT2D eigenvalue weighted by Crippen LogP contribution is 2.66. The monoisotopic (exact) mass is 311 g/mol. The third kappa shape index (κ3) is 2.17. The van der Waals surface area contributed by atoms with Crippen LogP contribution in [-0.4, -0.2) is 5.91 Å². The van der Waals surface area contributed by atoms with Crippen LogP contribution in [0.5, 0.6) is 0 Å². The van der Waals surface area contributed by atoms with E-state index in [-0.39, 0.29) is 11.5 Å². The van der Waals surface area contributed by atoms with E-state index in [1.54, 1.807) is 0 Å².